The van der Waals surface area contributed by atoms with Gasteiger partial charge in [-0.15, -0.1) is 11.3 Å². The van der Waals surface area contributed by atoms with Gasteiger partial charge in [-0.05, 0) is 17.7 Å². The highest BCUT2D eigenvalue weighted by Gasteiger charge is 2.25. The summed E-state index contributed by atoms with van der Waals surface area (Å²) >= 11 is 1.51. The highest BCUT2D eigenvalue weighted by atomic mass is 32.1. The molecule has 0 unspecified atom stereocenters. The highest BCUT2D eigenvalue weighted by molar-refractivity contribution is 7.16. The van der Waals surface area contributed by atoms with Crippen molar-refractivity contribution in [1.29, 1.82) is 0 Å². The Labute approximate surface area is 168 Å². The van der Waals surface area contributed by atoms with Crippen LogP contribution in [-0.4, -0.2) is 31.7 Å². The smallest absolute Gasteiger partial charge is 0.229 e. The molecule has 1 aliphatic rings. The van der Waals surface area contributed by atoms with Crippen LogP contribution in [0, 0.1) is 11.6 Å². The molecule has 0 atom stereocenters. The molecular formula is C19H15F2N7S. The van der Waals surface area contributed by atoms with Gasteiger partial charge in [-0.2, -0.15) is 5.10 Å². The molecule has 0 fully saturated rings. The van der Waals surface area contributed by atoms with Crippen molar-refractivity contribution in [3.05, 3.63) is 64.9 Å². The Bertz CT molecular complexity index is 1140. The summed E-state index contributed by atoms with van der Waals surface area (Å²) in [6.45, 7) is 1.40. The number of benzene rings is 1. The van der Waals surface area contributed by atoms with Crippen LogP contribution in [-0.2, 0) is 13.0 Å². The highest BCUT2D eigenvalue weighted by Crippen LogP contribution is 2.39. The number of aromatic amines is 1. The SMILES string of the molecule is Fc1ccc(CN2CCc3sc(Nc4ncc(F)cn4)nc3-c3cn[nH]c32)cc1. The number of hydrogen-bond acceptors (Lipinski definition) is 7. The van der Waals surface area contributed by atoms with E-state index in [1.165, 1.54) is 23.5 Å². The first-order valence-corrected chi connectivity index (χ1v) is 9.75. The second-order valence-corrected chi connectivity index (χ2v) is 7.65. The standard InChI is InChI=1S/C19H15F2N7S/c20-12-3-1-11(2-4-12)10-28-6-5-15-16(14-9-24-27-17(14)28)25-19(29-15)26-18-22-7-13(21)8-23-18/h1-4,7-9H,5-6,10H2,(H,24,27)(H,22,23,25,26). The van der Waals surface area contributed by atoms with Gasteiger partial charge in [0, 0.05) is 24.4 Å². The van der Waals surface area contributed by atoms with Crippen LogP contribution in [0.15, 0.2) is 42.9 Å². The molecule has 1 aromatic carbocycles. The summed E-state index contributed by atoms with van der Waals surface area (Å²) in [5.74, 6) is 0.432. The molecule has 10 heteroatoms. The number of halogens is 2. The molecule has 7 nitrogen and oxygen atoms in total. The molecule has 0 radical (unpaired) electrons. The summed E-state index contributed by atoms with van der Waals surface area (Å²) in [5, 5.41) is 10.9. The van der Waals surface area contributed by atoms with Gasteiger partial charge in [-0.1, -0.05) is 12.1 Å². The van der Waals surface area contributed by atoms with E-state index in [0.29, 0.717) is 17.6 Å². The largest absolute Gasteiger partial charge is 0.352 e. The van der Waals surface area contributed by atoms with Crippen molar-refractivity contribution in [2.75, 3.05) is 16.8 Å². The number of anilines is 3. The molecule has 1 aliphatic heterocycles. The van der Waals surface area contributed by atoms with Crippen molar-refractivity contribution in [2.24, 2.45) is 0 Å². The van der Waals surface area contributed by atoms with Gasteiger partial charge in [0.1, 0.15) is 11.6 Å². The van der Waals surface area contributed by atoms with Crippen LogP contribution in [0.25, 0.3) is 11.3 Å². The average Bonchev–Trinajstić information content (AvgIpc) is 3.33. The normalized spacial score (nSPS) is 13.0. The van der Waals surface area contributed by atoms with Crippen LogP contribution >= 0.6 is 11.3 Å². The minimum absolute atomic E-state index is 0.247. The molecule has 0 bridgehead atoms. The number of hydrogen-bond donors (Lipinski definition) is 2. The zero-order valence-corrected chi connectivity index (χ0v) is 15.9. The minimum atomic E-state index is -0.491. The summed E-state index contributed by atoms with van der Waals surface area (Å²) < 4.78 is 26.2. The Balaban J connectivity index is 1.42. The molecule has 3 aromatic heterocycles. The molecule has 4 aromatic rings. The van der Waals surface area contributed by atoms with Gasteiger partial charge in [0.25, 0.3) is 0 Å². The molecule has 2 N–H and O–H groups in total. The summed E-state index contributed by atoms with van der Waals surface area (Å²) in [6, 6.07) is 6.51. The van der Waals surface area contributed by atoms with Crippen molar-refractivity contribution in [2.45, 2.75) is 13.0 Å². The lowest BCUT2D eigenvalue weighted by Gasteiger charge is -2.22. The number of rotatable bonds is 4. The second kappa shape index (κ2) is 7.21. The van der Waals surface area contributed by atoms with E-state index < -0.39 is 5.82 Å². The van der Waals surface area contributed by atoms with Gasteiger partial charge in [0.2, 0.25) is 5.95 Å². The van der Waals surface area contributed by atoms with Gasteiger partial charge >= 0.3 is 0 Å². The monoisotopic (exact) mass is 411 g/mol. The van der Waals surface area contributed by atoms with Crippen LogP contribution < -0.4 is 10.2 Å². The van der Waals surface area contributed by atoms with Gasteiger partial charge in [0.05, 0.1) is 29.8 Å². The molecule has 0 saturated heterocycles. The number of H-pyrrole nitrogens is 1. The van der Waals surface area contributed by atoms with E-state index in [4.69, 9.17) is 4.98 Å². The van der Waals surface area contributed by atoms with E-state index in [2.05, 4.69) is 30.4 Å². The van der Waals surface area contributed by atoms with Crippen LogP contribution in [0.1, 0.15) is 10.4 Å². The third kappa shape index (κ3) is 3.54. The zero-order valence-electron chi connectivity index (χ0n) is 15.1. The number of fused-ring (bicyclic) bond motifs is 3. The third-order valence-corrected chi connectivity index (χ3v) is 5.65. The lowest BCUT2D eigenvalue weighted by atomic mass is 10.2. The topological polar surface area (TPSA) is 82.6 Å². The van der Waals surface area contributed by atoms with E-state index in [9.17, 15) is 8.78 Å². The van der Waals surface area contributed by atoms with Crippen LogP contribution in [0.5, 0.6) is 0 Å². The van der Waals surface area contributed by atoms with Crippen LogP contribution in [0.4, 0.5) is 25.7 Å². The molecule has 4 heterocycles. The van der Waals surface area contributed by atoms with Crippen LogP contribution in [0.3, 0.4) is 0 Å². The number of nitrogens with zero attached hydrogens (tertiary/aromatic N) is 5. The van der Waals surface area contributed by atoms with E-state index in [-0.39, 0.29) is 5.82 Å². The maximum Gasteiger partial charge on any atom is 0.229 e. The summed E-state index contributed by atoms with van der Waals surface area (Å²) in [4.78, 5) is 15.8. The lowest BCUT2D eigenvalue weighted by molar-refractivity contribution is 0.614. The molecule has 0 saturated carbocycles. The zero-order chi connectivity index (χ0) is 19.8. The van der Waals surface area contributed by atoms with Crippen LogP contribution in [0.2, 0.25) is 0 Å². The summed E-state index contributed by atoms with van der Waals surface area (Å²) in [7, 11) is 0. The fourth-order valence-electron chi connectivity index (χ4n) is 3.27. The van der Waals surface area contributed by atoms with Crippen molar-refractivity contribution < 1.29 is 8.78 Å². The Morgan fingerprint density at radius 1 is 1.07 bits per heavy atom. The molecular weight excluding hydrogens is 396 g/mol. The number of aromatic nitrogens is 5. The minimum Gasteiger partial charge on any atom is -0.352 e. The number of thiazole rings is 1. The Hall–Kier alpha value is -3.40. The fourth-order valence-corrected chi connectivity index (χ4v) is 4.23. The van der Waals surface area contributed by atoms with Crippen molar-refractivity contribution in [3.8, 4) is 11.3 Å². The third-order valence-electron chi connectivity index (χ3n) is 4.62. The van der Waals surface area contributed by atoms with Gasteiger partial charge in [-0.25, -0.2) is 23.7 Å². The van der Waals surface area contributed by atoms with E-state index in [1.54, 1.807) is 18.3 Å². The van der Waals surface area contributed by atoms with Gasteiger partial charge < -0.3 is 10.2 Å². The summed E-state index contributed by atoms with van der Waals surface area (Å²) in [6.07, 6.45) is 4.77. The molecule has 0 amide bonds. The van der Waals surface area contributed by atoms with E-state index in [1.807, 2.05) is 0 Å². The quantitative estimate of drug-likeness (QED) is 0.530. The summed E-state index contributed by atoms with van der Waals surface area (Å²) in [5.41, 5.74) is 2.77. The predicted molar refractivity (Wildman–Crippen MR) is 106 cm³/mol. The first-order chi connectivity index (χ1) is 14.2. The molecule has 0 spiro atoms. The van der Waals surface area contributed by atoms with E-state index in [0.717, 1.165) is 52.9 Å². The second-order valence-electron chi connectivity index (χ2n) is 6.57. The first-order valence-electron chi connectivity index (χ1n) is 8.93. The van der Waals surface area contributed by atoms with Crippen molar-refractivity contribution in [3.63, 3.8) is 0 Å². The maximum atomic E-state index is 13.2. The molecule has 29 heavy (non-hydrogen) atoms. The molecule has 146 valence electrons. The van der Waals surface area contributed by atoms with Crippen molar-refractivity contribution in [1.82, 2.24) is 25.1 Å². The molecule has 5 rings (SSSR count). The number of nitrogens with one attached hydrogen (secondary N) is 2. The maximum absolute atomic E-state index is 13.2. The lowest BCUT2D eigenvalue weighted by Crippen LogP contribution is -2.25. The Morgan fingerprint density at radius 3 is 2.66 bits per heavy atom. The Kier molecular flexibility index (Phi) is 4.39. The van der Waals surface area contributed by atoms with Gasteiger partial charge in [0.15, 0.2) is 10.9 Å². The fraction of sp³-hybridized carbons (Fsp3) is 0.158. The Morgan fingerprint density at radius 2 is 1.86 bits per heavy atom. The molecule has 0 aliphatic carbocycles. The first kappa shape index (κ1) is 17.7. The predicted octanol–water partition coefficient (Wildman–Crippen LogP) is 3.91. The average molecular weight is 411 g/mol. The van der Waals surface area contributed by atoms with Gasteiger partial charge in [-0.3, -0.25) is 5.10 Å². The van der Waals surface area contributed by atoms with Crippen molar-refractivity contribution >= 4 is 28.2 Å². The van der Waals surface area contributed by atoms with E-state index >= 15 is 0 Å².